The molecule has 0 unspecified atom stereocenters. The first-order chi connectivity index (χ1) is 18.0. The Morgan fingerprint density at radius 3 is 2.43 bits per heavy atom. The van der Waals surface area contributed by atoms with Crippen molar-refractivity contribution in [1.29, 1.82) is 0 Å². The Bertz CT molecular complexity index is 1400. The average Bonchev–Trinajstić information content (AvgIpc) is 3.38. The number of sulfonamides is 1. The van der Waals surface area contributed by atoms with Crippen LogP contribution in [0.4, 0.5) is 5.69 Å². The number of nitrogens with one attached hydrogen (secondary N) is 1. The van der Waals surface area contributed by atoms with Gasteiger partial charge in [0.1, 0.15) is 0 Å². The minimum Gasteiger partial charge on any atom is -0.364 e. The molecule has 0 radical (unpaired) electrons. The van der Waals surface area contributed by atoms with Crippen LogP contribution in [0.3, 0.4) is 0 Å². The second-order valence-corrected chi connectivity index (χ2v) is 11.8. The Hall–Kier alpha value is -3.13. The van der Waals surface area contributed by atoms with Gasteiger partial charge in [0.15, 0.2) is 0 Å². The Labute approximate surface area is 224 Å². The SMILES string of the molecule is O=S(=O)(CCCCl)N1Cc2cc(-c3ccccc3)ccc2N(Cc2cnc[nH]2)C[C@H]1Cc1ccccc1. The van der Waals surface area contributed by atoms with Gasteiger partial charge in [-0.2, -0.15) is 4.31 Å². The van der Waals surface area contributed by atoms with E-state index < -0.39 is 10.0 Å². The van der Waals surface area contributed by atoms with E-state index in [1.54, 1.807) is 10.6 Å². The number of anilines is 1. The smallest absolute Gasteiger partial charge is 0.214 e. The molecule has 192 valence electrons. The lowest BCUT2D eigenvalue weighted by atomic mass is 10.0. The van der Waals surface area contributed by atoms with E-state index in [9.17, 15) is 8.42 Å². The summed E-state index contributed by atoms with van der Waals surface area (Å²) >= 11 is 5.92. The number of alkyl halides is 1. The molecule has 0 spiro atoms. The van der Waals surface area contributed by atoms with Gasteiger partial charge in [0.05, 0.1) is 24.3 Å². The van der Waals surface area contributed by atoms with E-state index in [0.29, 0.717) is 38.4 Å². The lowest BCUT2D eigenvalue weighted by Crippen LogP contribution is -2.46. The third-order valence-corrected chi connectivity index (χ3v) is 9.03. The Morgan fingerprint density at radius 2 is 1.73 bits per heavy atom. The third kappa shape index (κ3) is 6.06. The molecule has 1 atom stereocenters. The summed E-state index contributed by atoms with van der Waals surface area (Å²) in [5, 5.41) is 0. The number of benzene rings is 3. The van der Waals surface area contributed by atoms with Crippen LogP contribution in [0.2, 0.25) is 0 Å². The number of imidazole rings is 1. The molecule has 0 fully saturated rings. The molecule has 4 aromatic rings. The lowest BCUT2D eigenvalue weighted by molar-refractivity contribution is 0.318. The summed E-state index contributed by atoms with van der Waals surface area (Å²) in [7, 11) is -3.54. The van der Waals surface area contributed by atoms with Crippen LogP contribution in [0.5, 0.6) is 0 Å². The van der Waals surface area contributed by atoms with E-state index in [4.69, 9.17) is 11.6 Å². The topological polar surface area (TPSA) is 69.3 Å². The van der Waals surface area contributed by atoms with E-state index in [-0.39, 0.29) is 11.8 Å². The van der Waals surface area contributed by atoms with Gasteiger partial charge in [-0.3, -0.25) is 0 Å². The molecule has 1 aromatic heterocycles. The number of fused-ring (bicyclic) bond motifs is 1. The van der Waals surface area contributed by atoms with Crippen molar-refractivity contribution in [3.05, 3.63) is 108 Å². The van der Waals surface area contributed by atoms with E-state index >= 15 is 0 Å². The quantitative estimate of drug-likeness (QED) is 0.289. The summed E-state index contributed by atoms with van der Waals surface area (Å²) in [5.41, 5.74) is 6.30. The summed E-state index contributed by atoms with van der Waals surface area (Å²) < 4.78 is 29.2. The third-order valence-electron chi connectivity index (χ3n) is 6.82. The van der Waals surface area contributed by atoms with Gasteiger partial charge in [-0.05, 0) is 47.2 Å². The van der Waals surface area contributed by atoms with Crippen molar-refractivity contribution >= 4 is 27.3 Å². The van der Waals surface area contributed by atoms with Gasteiger partial charge in [0, 0.05) is 36.9 Å². The normalized spacial score (nSPS) is 16.4. The van der Waals surface area contributed by atoms with Crippen LogP contribution >= 0.6 is 11.6 Å². The largest absolute Gasteiger partial charge is 0.364 e. The van der Waals surface area contributed by atoms with E-state index in [1.807, 2.05) is 42.6 Å². The van der Waals surface area contributed by atoms with Gasteiger partial charge in [-0.1, -0.05) is 66.7 Å². The number of H-pyrrole nitrogens is 1. The number of halogens is 1. The fraction of sp³-hybridized carbons (Fsp3) is 0.276. The molecule has 37 heavy (non-hydrogen) atoms. The highest BCUT2D eigenvalue weighted by molar-refractivity contribution is 7.89. The maximum Gasteiger partial charge on any atom is 0.214 e. The maximum absolute atomic E-state index is 13.7. The molecule has 1 N–H and O–H groups in total. The highest BCUT2D eigenvalue weighted by atomic mass is 35.5. The molecule has 1 aliphatic heterocycles. The number of aromatic amines is 1. The van der Waals surface area contributed by atoms with Crippen molar-refractivity contribution in [3.8, 4) is 11.1 Å². The summed E-state index contributed by atoms with van der Waals surface area (Å²) in [5.74, 6) is 0.354. The molecule has 0 aliphatic carbocycles. The highest BCUT2D eigenvalue weighted by Crippen LogP contribution is 2.34. The summed E-state index contributed by atoms with van der Waals surface area (Å²) in [6, 6.07) is 26.5. The van der Waals surface area contributed by atoms with Crippen molar-refractivity contribution in [2.45, 2.75) is 32.0 Å². The molecule has 0 saturated heterocycles. The second kappa shape index (κ2) is 11.5. The monoisotopic (exact) mass is 534 g/mol. The van der Waals surface area contributed by atoms with E-state index in [1.165, 1.54) is 0 Å². The fourth-order valence-electron chi connectivity index (χ4n) is 5.03. The summed E-state index contributed by atoms with van der Waals surface area (Å²) in [4.78, 5) is 9.68. The molecule has 8 heteroatoms. The summed E-state index contributed by atoms with van der Waals surface area (Å²) in [6.07, 6.45) is 4.55. The van der Waals surface area contributed by atoms with E-state index in [2.05, 4.69) is 57.3 Å². The maximum atomic E-state index is 13.7. The first-order valence-electron chi connectivity index (χ1n) is 12.5. The zero-order valence-electron chi connectivity index (χ0n) is 20.6. The van der Waals surface area contributed by atoms with Crippen LogP contribution < -0.4 is 4.90 Å². The molecule has 0 saturated carbocycles. The molecular formula is C29H31ClN4O2S. The fourth-order valence-corrected chi connectivity index (χ4v) is 7.00. The number of aromatic nitrogens is 2. The molecule has 2 heterocycles. The van der Waals surface area contributed by atoms with Gasteiger partial charge in [0.2, 0.25) is 10.0 Å². The van der Waals surface area contributed by atoms with Crippen molar-refractivity contribution in [2.75, 3.05) is 23.1 Å². The van der Waals surface area contributed by atoms with Crippen LogP contribution in [0.25, 0.3) is 11.1 Å². The first kappa shape index (κ1) is 25.5. The van der Waals surface area contributed by atoms with Gasteiger partial charge >= 0.3 is 0 Å². The van der Waals surface area contributed by atoms with Crippen molar-refractivity contribution in [2.24, 2.45) is 0 Å². The average molecular weight is 535 g/mol. The zero-order valence-corrected chi connectivity index (χ0v) is 22.2. The van der Waals surface area contributed by atoms with Crippen LogP contribution in [0, 0.1) is 0 Å². The van der Waals surface area contributed by atoms with Crippen molar-refractivity contribution in [1.82, 2.24) is 14.3 Å². The number of nitrogens with zero attached hydrogens (tertiary/aromatic N) is 3. The predicted octanol–water partition coefficient (Wildman–Crippen LogP) is 5.47. The molecule has 3 aromatic carbocycles. The van der Waals surface area contributed by atoms with Crippen LogP contribution in [0.1, 0.15) is 23.2 Å². The summed E-state index contributed by atoms with van der Waals surface area (Å²) in [6.45, 7) is 1.49. The van der Waals surface area contributed by atoms with Gasteiger partial charge < -0.3 is 9.88 Å². The number of hydrogen-bond acceptors (Lipinski definition) is 4. The first-order valence-corrected chi connectivity index (χ1v) is 14.7. The molecule has 6 nitrogen and oxygen atoms in total. The Kier molecular flexibility index (Phi) is 7.93. The standard InChI is InChI=1S/C29H31ClN4O2S/c30-14-7-15-37(35,36)34-19-26-17-25(24-10-5-2-6-11-24)12-13-29(26)33(20-27-18-31-22-32-27)21-28(34)16-23-8-3-1-4-9-23/h1-6,8-13,17-18,22,28H,7,14-16,19-21H2,(H,31,32)/t28-/m1/s1. The number of hydrogen-bond donors (Lipinski definition) is 1. The van der Waals surface area contributed by atoms with Crippen LogP contribution in [-0.4, -0.2) is 46.9 Å². The van der Waals surface area contributed by atoms with Crippen molar-refractivity contribution in [3.63, 3.8) is 0 Å². The van der Waals surface area contributed by atoms with E-state index in [0.717, 1.165) is 33.6 Å². The molecule has 1 aliphatic rings. The Balaban J connectivity index is 1.59. The van der Waals surface area contributed by atoms with Gasteiger partial charge in [-0.25, -0.2) is 13.4 Å². The van der Waals surface area contributed by atoms with Gasteiger partial charge in [0.25, 0.3) is 0 Å². The van der Waals surface area contributed by atoms with Crippen LogP contribution in [0.15, 0.2) is 91.4 Å². The molecular weight excluding hydrogens is 504 g/mol. The Morgan fingerprint density at radius 1 is 0.973 bits per heavy atom. The zero-order chi connectivity index (χ0) is 25.7. The highest BCUT2D eigenvalue weighted by Gasteiger charge is 2.35. The van der Waals surface area contributed by atoms with Crippen LogP contribution in [-0.2, 0) is 29.5 Å². The minimum absolute atomic E-state index is 0.0377. The predicted molar refractivity (Wildman–Crippen MR) is 150 cm³/mol. The molecule has 5 rings (SSSR count). The molecule has 0 amide bonds. The minimum atomic E-state index is -3.54. The van der Waals surface area contributed by atoms with Crippen molar-refractivity contribution < 1.29 is 8.42 Å². The number of rotatable bonds is 9. The second-order valence-electron chi connectivity index (χ2n) is 9.41. The molecule has 0 bridgehead atoms. The van der Waals surface area contributed by atoms with Gasteiger partial charge in [-0.15, -0.1) is 11.6 Å². The lowest BCUT2D eigenvalue weighted by Gasteiger charge is -2.32.